The molecule has 3 aliphatic rings. The molecule has 148 valence electrons. The Morgan fingerprint density at radius 3 is 2.89 bits per heavy atom. The van der Waals surface area contributed by atoms with Crippen LogP contribution in [-0.2, 0) is 16.0 Å². The van der Waals surface area contributed by atoms with Gasteiger partial charge in [0.15, 0.2) is 11.6 Å². The highest BCUT2D eigenvalue weighted by Gasteiger charge is 2.48. The van der Waals surface area contributed by atoms with Crippen molar-refractivity contribution in [3.05, 3.63) is 48.0 Å². The van der Waals surface area contributed by atoms with Crippen molar-refractivity contribution in [2.45, 2.75) is 38.3 Å². The maximum atomic E-state index is 6.01. The summed E-state index contributed by atoms with van der Waals surface area (Å²) in [5.74, 6) is 1.35. The minimum absolute atomic E-state index is 0.148. The number of hydrogen-bond acceptors (Lipinski definition) is 6. The summed E-state index contributed by atoms with van der Waals surface area (Å²) in [6.45, 7) is 5.27. The second-order valence-corrected chi connectivity index (χ2v) is 8.03. The van der Waals surface area contributed by atoms with Crippen molar-refractivity contribution in [1.29, 1.82) is 0 Å². The van der Waals surface area contributed by atoms with Gasteiger partial charge in [-0.05, 0) is 44.4 Å². The average Bonchev–Trinajstić information content (AvgIpc) is 3.30. The van der Waals surface area contributed by atoms with Crippen LogP contribution in [0.1, 0.15) is 31.2 Å². The van der Waals surface area contributed by atoms with E-state index in [2.05, 4.69) is 20.9 Å². The normalized spacial score (nSPS) is 28.6. The monoisotopic (exact) mass is 381 g/mol. The van der Waals surface area contributed by atoms with Crippen LogP contribution >= 0.6 is 0 Å². The summed E-state index contributed by atoms with van der Waals surface area (Å²) in [5.41, 5.74) is 2.85. The van der Waals surface area contributed by atoms with E-state index in [0.29, 0.717) is 17.6 Å². The minimum Gasteiger partial charge on any atom is -0.461 e. The molecule has 2 atom stereocenters. The van der Waals surface area contributed by atoms with E-state index < -0.39 is 0 Å². The highest BCUT2D eigenvalue weighted by atomic mass is 16.5. The van der Waals surface area contributed by atoms with Gasteiger partial charge in [-0.3, -0.25) is 4.90 Å². The fourth-order valence-corrected chi connectivity index (χ4v) is 5.19. The smallest absolute Gasteiger partial charge is 0.195 e. The van der Waals surface area contributed by atoms with Crippen LogP contribution in [0.5, 0.6) is 0 Å². The van der Waals surface area contributed by atoms with E-state index >= 15 is 0 Å². The molecule has 0 saturated carbocycles. The number of ether oxygens (including phenoxy) is 2. The quantitative estimate of drug-likeness (QED) is 0.756. The molecule has 0 amide bonds. The minimum atomic E-state index is 0.148. The molecule has 5 heterocycles. The lowest BCUT2D eigenvalue weighted by molar-refractivity contribution is -0.0874. The molecule has 5 rings (SSSR count). The number of likely N-dealkylation sites (tertiary alicyclic amines) is 1. The second kappa shape index (κ2) is 7.78. The Balaban J connectivity index is 1.37. The van der Waals surface area contributed by atoms with E-state index in [0.717, 1.165) is 57.9 Å². The highest BCUT2D eigenvalue weighted by molar-refractivity contribution is 5.45. The highest BCUT2D eigenvalue weighted by Crippen LogP contribution is 2.48. The van der Waals surface area contributed by atoms with Gasteiger partial charge in [0.25, 0.3) is 0 Å². The number of rotatable bonds is 4. The lowest BCUT2D eigenvalue weighted by atomic mass is 9.65. The Morgan fingerprint density at radius 1 is 1.18 bits per heavy atom. The van der Waals surface area contributed by atoms with Crippen molar-refractivity contribution in [3.63, 3.8) is 0 Å². The molecule has 2 fully saturated rings. The summed E-state index contributed by atoms with van der Waals surface area (Å²) < 4.78 is 17.0. The largest absolute Gasteiger partial charge is 0.461 e. The molecule has 2 aromatic heterocycles. The Morgan fingerprint density at radius 2 is 2.11 bits per heavy atom. The van der Waals surface area contributed by atoms with Crippen LogP contribution in [0, 0.1) is 5.41 Å². The number of hydrogen-bond donors (Lipinski definition) is 0. The maximum absolute atomic E-state index is 6.01. The molecule has 0 aromatic carbocycles. The van der Waals surface area contributed by atoms with E-state index in [1.807, 2.05) is 24.5 Å². The van der Waals surface area contributed by atoms with Gasteiger partial charge in [-0.25, -0.2) is 9.97 Å². The van der Waals surface area contributed by atoms with Crippen molar-refractivity contribution in [1.82, 2.24) is 14.9 Å². The molecule has 2 aromatic rings. The lowest BCUT2D eigenvalue weighted by Gasteiger charge is -2.54. The number of piperidine rings is 1. The first-order valence-electron chi connectivity index (χ1n) is 10.3. The van der Waals surface area contributed by atoms with Crippen LogP contribution in [0.3, 0.4) is 0 Å². The first kappa shape index (κ1) is 18.0. The molecule has 3 aliphatic heterocycles. The fraction of sp³-hybridized carbons (Fsp3) is 0.545. The molecular weight excluding hydrogens is 354 g/mol. The van der Waals surface area contributed by atoms with Crippen molar-refractivity contribution in [2.24, 2.45) is 5.41 Å². The molecule has 0 unspecified atom stereocenters. The van der Waals surface area contributed by atoms with Crippen molar-refractivity contribution < 1.29 is 13.9 Å². The van der Waals surface area contributed by atoms with E-state index in [4.69, 9.17) is 13.9 Å². The van der Waals surface area contributed by atoms with Gasteiger partial charge in [-0.2, -0.15) is 0 Å². The fourth-order valence-electron chi connectivity index (χ4n) is 5.19. The summed E-state index contributed by atoms with van der Waals surface area (Å²) in [7, 11) is 0. The van der Waals surface area contributed by atoms with Crippen LogP contribution in [0.2, 0.25) is 0 Å². The molecule has 0 spiro atoms. The molecular formula is C22H27N3O3. The van der Waals surface area contributed by atoms with Crippen LogP contribution < -0.4 is 0 Å². The Hall–Kier alpha value is -2.02. The molecule has 0 bridgehead atoms. The number of aromatic nitrogens is 2. The summed E-state index contributed by atoms with van der Waals surface area (Å²) in [4.78, 5) is 11.7. The topological polar surface area (TPSA) is 60.6 Å². The third kappa shape index (κ3) is 3.30. The van der Waals surface area contributed by atoms with Gasteiger partial charge in [0, 0.05) is 42.6 Å². The lowest BCUT2D eigenvalue weighted by Crippen LogP contribution is -2.57. The van der Waals surface area contributed by atoms with E-state index in [-0.39, 0.29) is 5.41 Å². The van der Waals surface area contributed by atoms with Crippen LogP contribution in [0.4, 0.5) is 0 Å². The molecule has 0 N–H and O–H groups in total. The molecule has 28 heavy (non-hydrogen) atoms. The van der Waals surface area contributed by atoms with Gasteiger partial charge in [-0.15, -0.1) is 0 Å². The average molecular weight is 381 g/mol. The van der Waals surface area contributed by atoms with E-state index in [1.165, 1.54) is 12.8 Å². The maximum Gasteiger partial charge on any atom is 0.195 e. The standard InChI is InChI=1S/C22H27N3O3/c1-3-19(28-9-1)21-23-13-17(14-24-21)15-25-8-2-7-22(16-27-12-6-20(22)25)18-4-10-26-11-5-18/h1,3-4,9,13-14,20H,2,5-8,10-12,15-16H2/t20-,22-/m0/s1. The predicted octanol–water partition coefficient (Wildman–Crippen LogP) is 3.45. The van der Waals surface area contributed by atoms with Gasteiger partial charge < -0.3 is 13.9 Å². The Bertz CT molecular complexity index is 814. The van der Waals surface area contributed by atoms with Crippen LogP contribution in [0.15, 0.2) is 46.9 Å². The van der Waals surface area contributed by atoms with E-state index in [1.54, 1.807) is 11.8 Å². The van der Waals surface area contributed by atoms with Gasteiger partial charge >= 0.3 is 0 Å². The summed E-state index contributed by atoms with van der Waals surface area (Å²) >= 11 is 0. The van der Waals surface area contributed by atoms with E-state index in [9.17, 15) is 0 Å². The third-order valence-corrected chi connectivity index (χ3v) is 6.48. The van der Waals surface area contributed by atoms with Gasteiger partial charge in [0.05, 0.1) is 26.1 Å². The van der Waals surface area contributed by atoms with Crippen molar-refractivity contribution in [3.8, 4) is 11.6 Å². The number of fused-ring (bicyclic) bond motifs is 1. The molecule has 6 heteroatoms. The van der Waals surface area contributed by atoms with Crippen molar-refractivity contribution >= 4 is 0 Å². The van der Waals surface area contributed by atoms with Crippen LogP contribution in [-0.4, -0.2) is 53.9 Å². The second-order valence-electron chi connectivity index (χ2n) is 8.03. The third-order valence-electron chi connectivity index (χ3n) is 6.48. The van der Waals surface area contributed by atoms with Crippen LogP contribution in [0.25, 0.3) is 11.6 Å². The van der Waals surface area contributed by atoms with Gasteiger partial charge in [0.2, 0.25) is 0 Å². The predicted molar refractivity (Wildman–Crippen MR) is 105 cm³/mol. The molecule has 2 saturated heterocycles. The molecule has 6 nitrogen and oxygen atoms in total. The number of furan rings is 1. The van der Waals surface area contributed by atoms with Crippen molar-refractivity contribution in [2.75, 3.05) is 33.0 Å². The Labute approximate surface area is 165 Å². The first-order chi connectivity index (χ1) is 13.9. The zero-order chi connectivity index (χ0) is 18.8. The Kier molecular flexibility index (Phi) is 5.01. The van der Waals surface area contributed by atoms with Gasteiger partial charge in [-0.1, -0.05) is 11.6 Å². The zero-order valence-electron chi connectivity index (χ0n) is 16.2. The zero-order valence-corrected chi connectivity index (χ0v) is 16.2. The SMILES string of the molecule is C1=C([C@@]23CCCN(Cc4cnc(-c5ccco5)nc4)[C@H]2CCOC3)CCOC1. The summed E-state index contributed by atoms with van der Waals surface area (Å²) in [5, 5.41) is 0. The molecule has 0 aliphatic carbocycles. The first-order valence-corrected chi connectivity index (χ1v) is 10.3. The summed E-state index contributed by atoms with van der Waals surface area (Å²) in [6.07, 6.45) is 12.4. The number of nitrogens with zero attached hydrogens (tertiary/aromatic N) is 3. The molecule has 0 radical (unpaired) electrons. The summed E-state index contributed by atoms with van der Waals surface area (Å²) in [6, 6.07) is 4.26. The van der Waals surface area contributed by atoms with Gasteiger partial charge in [0.1, 0.15) is 0 Å².